The maximum atomic E-state index is 12.3. The molecular formula is C20H21NO4. The summed E-state index contributed by atoms with van der Waals surface area (Å²) in [4.78, 5) is 25.8. The molecule has 0 bridgehead atoms. The molecule has 130 valence electrons. The summed E-state index contributed by atoms with van der Waals surface area (Å²) in [5.74, 6) is 0.0183. The van der Waals surface area contributed by atoms with Gasteiger partial charge in [-0.25, -0.2) is 4.79 Å². The number of rotatable bonds is 6. The van der Waals surface area contributed by atoms with Crippen molar-refractivity contribution >= 4 is 11.9 Å². The lowest BCUT2D eigenvalue weighted by Gasteiger charge is -2.22. The Morgan fingerprint density at radius 1 is 0.960 bits per heavy atom. The fraction of sp³-hybridized carbons (Fsp3) is 0.300. The van der Waals surface area contributed by atoms with Crippen molar-refractivity contribution in [2.45, 2.75) is 25.7 Å². The third kappa shape index (κ3) is 4.67. The predicted octanol–water partition coefficient (Wildman–Crippen LogP) is 3.18. The van der Waals surface area contributed by atoms with Gasteiger partial charge in [-0.1, -0.05) is 60.7 Å². The second-order valence-electron chi connectivity index (χ2n) is 5.97. The number of benzene rings is 2. The van der Waals surface area contributed by atoms with Crippen molar-refractivity contribution in [2.24, 2.45) is 0 Å². The van der Waals surface area contributed by atoms with Gasteiger partial charge in [0.2, 0.25) is 0 Å². The number of amides is 1. The standard InChI is InChI=1S/C20H21NO4/c22-19-11-12-21(20(23)25-14-17-9-5-2-6-10-17)18(19)15-24-13-16-7-3-1-4-8-16/h1-10,18H,11-15H2. The highest BCUT2D eigenvalue weighted by Gasteiger charge is 2.36. The van der Waals surface area contributed by atoms with Crippen molar-refractivity contribution in [1.82, 2.24) is 4.90 Å². The SMILES string of the molecule is O=C1CCN(C(=O)OCc2ccccc2)C1COCc1ccccc1. The van der Waals surface area contributed by atoms with Gasteiger partial charge in [-0.15, -0.1) is 0 Å². The van der Waals surface area contributed by atoms with Crippen molar-refractivity contribution < 1.29 is 19.1 Å². The van der Waals surface area contributed by atoms with Gasteiger partial charge in [0.15, 0.2) is 5.78 Å². The largest absolute Gasteiger partial charge is 0.445 e. The maximum Gasteiger partial charge on any atom is 0.410 e. The summed E-state index contributed by atoms with van der Waals surface area (Å²) in [6.07, 6.45) is -0.122. The van der Waals surface area contributed by atoms with E-state index in [0.29, 0.717) is 19.6 Å². The van der Waals surface area contributed by atoms with E-state index in [0.717, 1.165) is 11.1 Å². The molecule has 3 rings (SSSR count). The van der Waals surface area contributed by atoms with Crippen LogP contribution in [0.3, 0.4) is 0 Å². The van der Waals surface area contributed by atoms with Gasteiger partial charge in [-0.3, -0.25) is 9.69 Å². The smallest absolute Gasteiger partial charge is 0.410 e. The molecule has 0 N–H and O–H groups in total. The van der Waals surface area contributed by atoms with Crippen LogP contribution in [0.4, 0.5) is 4.79 Å². The van der Waals surface area contributed by atoms with Crippen molar-refractivity contribution in [3.05, 3.63) is 71.8 Å². The lowest BCUT2D eigenvalue weighted by molar-refractivity contribution is -0.121. The Balaban J connectivity index is 1.51. The van der Waals surface area contributed by atoms with Gasteiger partial charge in [-0.05, 0) is 11.1 Å². The van der Waals surface area contributed by atoms with Gasteiger partial charge < -0.3 is 9.47 Å². The average molecular weight is 339 g/mol. The summed E-state index contributed by atoms with van der Waals surface area (Å²) in [5.41, 5.74) is 1.95. The van der Waals surface area contributed by atoms with E-state index >= 15 is 0 Å². The summed E-state index contributed by atoms with van der Waals surface area (Å²) in [6.45, 7) is 1.18. The third-order valence-corrected chi connectivity index (χ3v) is 4.17. The Morgan fingerprint density at radius 2 is 1.56 bits per heavy atom. The first kappa shape index (κ1) is 17.2. The zero-order valence-corrected chi connectivity index (χ0v) is 14.0. The molecule has 0 saturated carbocycles. The van der Waals surface area contributed by atoms with Crippen LogP contribution in [0.2, 0.25) is 0 Å². The Hall–Kier alpha value is -2.66. The quantitative estimate of drug-likeness (QED) is 0.811. The number of hydrogen-bond acceptors (Lipinski definition) is 4. The molecule has 1 aliphatic heterocycles. The number of ketones is 1. The molecule has 1 fully saturated rings. The molecule has 0 radical (unpaired) electrons. The Kier molecular flexibility index (Phi) is 5.80. The maximum absolute atomic E-state index is 12.3. The van der Waals surface area contributed by atoms with Crippen molar-refractivity contribution in [2.75, 3.05) is 13.2 Å². The van der Waals surface area contributed by atoms with Crippen molar-refractivity contribution in [3.8, 4) is 0 Å². The van der Waals surface area contributed by atoms with Crippen molar-refractivity contribution in [3.63, 3.8) is 0 Å². The second-order valence-corrected chi connectivity index (χ2v) is 5.97. The zero-order chi connectivity index (χ0) is 17.5. The number of ether oxygens (including phenoxy) is 2. The monoisotopic (exact) mass is 339 g/mol. The Bertz CT molecular complexity index is 702. The molecule has 0 spiro atoms. The summed E-state index contributed by atoms with van der Waals surface area (Å²) in [7, 11) is 0. The van der Waals surface area contributed by atoms with Crippen LogP contribution < -0.4 is 0 Å². The second kappa shape index (κ2) is 8.44. The average Bonchev–Trinajstić information content (AvgIpc) is 3.02. The van der Waals surface area contributed by atoms with E-state index in [4.69, 9.17) is 9.47 Å². The van der Waals surface area contributed by atoms with Gasteiger partial charge in [0.05, 0.1) is 13.2 Å². The molecule has 1 unspecified atom stereocenters. The van der Waals surface area contributed by atoms with Crippen LogP contribution in [0.25, 0.3) is 0 Å². The van der Waals surface area contributed by atoms with Crippen LogP contribution in [-0.2, 0) is 27.5 Å². The molecule has 0 aromatic heterocycles. The number of carbonyl (C=O) groups excluding carboxylic acids is 2. The van der Waals surface area contributed by atoms with Gasteiger partial charge in [0.25, 0.3) is 0 Å². The minimum absolute atomic E-state index is 0.0183. The molecule has 1 heterocycles. The van der Waals surface area contributed by atoms with Crippen LogP contribution in [0.5, 0.6) is 0 Å². The van der Waals surface area contributed by atoms with Crippen LogP contribution in [0, 0.1) is 0 Å². The number of nitrogens with zero attached hydrogens (tertiary/aromatic N) is 1. The van der Waals surface area contributed by atoms with E-state index < -0.39 is 12.1 Å². The van der Waals surface area contributed by atoms with Crippen LogP contribution >= 0.6 is 0 Å². The minimum atomic E-state index is -0.563. The molecule has 5 heteroatoms. The number of carbonyl (C=O) groups is 2. The van der Waals surface area contributed by atoms with Gasteiger partial charge in [-0.2, -0.15) is 0 Å². The molecular weight excluding hydrogens is 318 g/mol. The fourth-order valence-electron chi connectivity index (χ4n) is 2.79. The summed E-state index contributed by atoms with van der Waals surface area (Å²) < 4.78 is 11.0. The van der Waals surface area contributed by atoms with Crippen LogP contribution in [0.15, 0.2) is 60.7 Å². The Morgan fingerprint density at radius 3 is 2.20 bits per heavy atom. The lowest BCUT2D eigenvalue weighted by Crippen LogP contribution is -2.41. The fourth-order valence-corrected chi connectivity index (χ4v) is 2.79. The highest BCUT2D eigenvalue weighted by Crippen LogP contribution is 2.17. The molecule has 0 aliphatic carbocycles. The van der Waals surface area contributed by atoms with Gasteiger partial charge in [0.1, 0.15) is 12.6 Å². The molecule has 1 saturated heterocycles. The van der Waals surface area contributed by atoms with Gasteiger partial charge in [0, 0.05) is 13.0 Å². The molecule has 25 heavy (non-hydrogen) atoms. The van der Waals surface area contributed by atoms with E-state index in [1.54, 1.807) is 0 Å². The van der Waals surface area contributed by atoms with Crippen LogP contribution in [0.1, 0.15) is 17.5 Å². The highest BCUT2D eigenvalue weighted by atomic mass is 16.6. The van der Waals surface area contributed by atoms with E-state index in [9.17, 15) is 9.59 Å². The molecule has 1 aliphatic rings. The zero-order valence-electron chi connectivity index (χ0n) is 14.0. The lowest BCUT2D eigenvalue weighted by atomic mass is 10.2. The summed E-state index contributed by atoms with van der Waals surface area (Å²) in [5, 5.41) is 0. The highest BCUT2D eigenvalue weighted by molar-refractivity contribution is 5.90. The molecule has 1 amide bonds. The molecule has 5 nitrogen and oxygen atoms in total. The van der Waals surface area contributed by atoms with E-state index in [-0.39, 0.29) is 19.0 Å². The molecule has 2 aromatic rings. The number of hydrogen-bond donors (Lipinski definition) is 0. The summed E-state index contributed by atoms with van der Waals surface area (Å²) in [6, 6.07) is 18.6. The van der Waals surface area contributed by atoms with Gasteiger partial charge >= 0.3 is 6.09 Å². The molecule has 2 aromatic carbocycles. The third-order valence-electron chi connectivity index (χ3n) is 4.17. The number of likely N-dealkylation sites (tertiary alicyclic amines) is 1. The predicted molar refractivity (Wildman–Crippen MR) is 92.8 cm³/mol. The van der Waals surface area contributed by atoms with E-state index in [2.05, 4.69) is 0 Å². The molecule has 1 atom stereocenters. The first-order valence-corrected chi connectivity index (χ1v) is 8.36. The minimum Gasteiger partial charge on any atom is -0.445 e. The van der Waals surface area contributed by atoms with Crippen LogP contribution in [-0.4, -0.2) is 36.0 Å². The topological polar surface area (TPSA) is 55.8 Å². The van der Waals surface area contributed by atoms with E-state index in [1.165, 1.54) is 4.90 Å². The first-order valence-electron chi connectivity index (χ1n) is 8.36. The normalized spacial score (nSPS) is 16.9. The van der Waals surface area contributed by atoms with Crippen molar-refractivity contribution in [1.29, 1.82) is 0 Å². The Labute approximate surface area is 147 Å². The number of Topliss-reactive ketones (excluding diaryl/α,β-unsaturated/α-hetero) is 1. The van der Waals surface area contributed by atoms with E-state index in [1.807, 2.05) is 60.7 Å². The first-order chi connectivity index (χ1) is 12.2. The summed E-state index contributed by atoms with van der Waals surface area (Å²) >= 11 is 0.